The highest BCUT2D eigenvalue weighted by molar-refractivity contribution is 9.10. The van der Waals surface area contributed by atoms with Crippen molar-refractivity contribution in [2.45, 2.75) is 13.0 Å². The summed E-state index contributed by atoms with van der Waals surface area (Å²) in [5.41, 5.74) is 1.47. The molecule has 2 N–H and O–H groups in total. The summed E-state index contributed by atoms with van der Waals surface area (Å²) in [6.07, 6.45) is 1.72. The third kappa shape index (κ3) is 3.17. The maximum Gasteiger partial charge on any atom is 0.268 e. The molecule has 1 atom stereocenters. The Balaban J connectivity index is 2.12. The molecule has 100 valence electrons. The summed E-state index contributed by atoms with van der Waals surface area (Å²) >= 11 is 3.30. The van der Waals surface area contributed by atoms with Crippen LogP contribution in [0, 0.1) is 0 Å². The SMILES string of the molecule is COc1ccccc1[C@@H](C)NC(=O)c1cc(Br)c[nH]1. The molecule has 19 heavy (non-hydrogen) atoms. The lowest BCUT2D eigenvalue weighted by Crippen LogP contribution is -2.27. The number of rotatable bonds is 4. The molecule has 4 nitrogen and oxygen atoms in total. The lowest BCUT2D eigenvalue weighted by Gasteiger charge is -2.16. The zero-order valence-corrected chi connectivity index (χ0v) is 12.3. The van der Waals surface area contributed by atoms with E-state index in [0.717, 1.165) is 15.8 Å². The van der Waals surface area contributed by atoms with Crippen molar-refractivity contribution in [3.05, 3.63) is 52.3 Å². The zero-order valence-electron chi connectivity index (χ0n) is 10.7. The molecule has 0 saturated carbocycles. The molecule has 5 heteroatoms. The van der Waals surface area contributed by atoms with Crippen molar-refractivity contribution < 1.29 is 9.53 Å². The van der Waals surface area contributed by atoms with E-state index in [0.29, 0.717) is 5.69 Å². The summed E-state index contributed by atoms with van der Waals surface area (Å²) in [6, 6.07) is 9.25. The molecule has 0 fully saturated rings. The highest BCUT2D eigenvalue weighted by Gasteiger charge is 2.15. The van der Waals surface area contributed by atoms with Crippen molar-refractivity contribution in [3.63, 3.8) is 0 Å². The third-order valence-electron chi connectivity index (χ3n) is 2.85. The number of methoxy groups -OCH3 is 1. The second-order valence-electron chi connectivity index (χ2n) is 4.17. The first-order chi connectivity index (χ1) is 9.11. The van der Waals surface area contributed by atoms with Crippen molar-refractivity contribution >= 4 is 21.8 Å². The van der Waals surface area contributed by atoms with Gasteiger partial charge in [-0.2, -0.15) is 0 Å². The Kier molecular flexibility index (Phi) is 4.27. The number of ether oxygens (including phenoxy) is 1. The van der Waals surface area contributed by atoms with Gasteiger partial charge in [-0.1, -0.05) is 18.2 Å². The van der Waals surface area contributed by atoms with Gasteiger partial charge in [0.2, 0.25) is 0 Å². The first-order valence-electron chi connectivity index (χ1n) is 5.89. The fourth-order valence-corrected chi connectivity index (χ4v) is 2.22. The number of hydrogen-bond donors (Lipinski definition) is 2. The van der Waals surface area contributed by atoms with E-state index in [1.807, 2.05) is 31.2 Å². The van der Waals surface area contributed by atoms with Crippen LogP contribution in [0.5, 0.6) is 5.75 Å². The third-order valence-corrected chi connectivity index (χ3v) is 3.30. The van der Waals surface area contributed by atoms with Gasteiger partial charge in [-0.05, 0) is 35.0 Å². The molecule has 1 heterocycles. The van der Waals surface area contributed by atoms with Crippen LogP contribution in [0.4, 0.5) is 0 Å². The number of nitrogens with one attached hydrogen (secondary N) is 2. The number of hydrogen-bond acceptors (Lipinski definition) is 2. The van der Waals surface area contributed by atoms with Gasteiger partial charge in [0.05, 0.1) is 13.2 Å². The van der Waals surface area contributed by atoms with Gasteiger partial charge in [-0.15, -0.1) is 0 Å². The Morgan fingerprint density at radius 3 is 2.79 bits per heavy atom. The predicted octanol–water partition coefficient (Wildman–Crippen LogP) is 3.28. The van der Waals surface area contributed by atoms with Gasteiger partial charge >= 0.3 is 0 Å². The summed E-state index contributed by atoms with van der Waals surface area (Å²) in [5.74, 6) is 0.618. The van der Waals surface area contributed by atoms with Gasteiger partial charge < -0.3 is 15.0 Å². The molecule has 0 aliphatic rings. The largest absolute Gasteiger partial charge is 0.496 e. The van der Waals surface area contributed by atoms with E-state index in [-0.39, 0.29) is 11.9 Å². The van der Waals surface area contributed by atoms with Crippen LogP contribution in [-0.4, -0.2) is 18.0 Å². The molecule has 2 rings (SSSR count). The minimum atomic E-state index is -0.149. The number of para-hydroxylation sites is 1. The summed E-state index contributed by atoms with van der Waals surface area (Å²) in [4.78, 5) is 14.9. The van der Waals surface area contributed by atoms with E-state index in [4.69, 9.17) is 4.74 Å². The number of H-pyrrole nitrogens is 1. The second-order valence-corrected chi connectivity index (χ2v) is 5.08. The Hall–Kier alpha value is -1.75. The monoisotopic (exact) mass is 322 g/mol. The molecule has 2 aromatic rings. The summed E-state index contributed by atoms with van der Waals surface area (Å²) in [6.45, 7) is 1.92. The summed E-state index contributed by atoms with van der Waals surface area (Å²) in [5, 5.41) is 2.93. The van der Waals surface area contributed by atoms with Crippen molar-refractivity contribution in [2.24, 2.45) is 0 Å². The first-order valence-corrected chi connectivity index (χ1v) is 6.69. The molecular formula is C14H15BrN2O2. The Bertz CT molecular complexity index is 580. The minimum Gasteiger partial charge on any atom is -0.496 e. The number of aromatic nitrogens is 1. The van der Waals surface area contributed by atoms with Gasteiger partial charge in [0.25, 0.3) is 5.91 Å². The van der Waals surface area contributed by atoms with Crippen LogP contribution >= 0.6 is 15.9 Å². The topological polar surface area (TPSA) is 54.1 Å². The molecule has 1 amide bonds. The van der Waals surface area contributed by atoms with Crippen molar-refractivity contribution in [1.29, 1.82) is 0 Å². The number of halogens is 1. The molecule has 0 saturated heterocycles. The molecule has 1 aromatic heterocycles. The van der Waals surface area contributed by atoms with Crippen LogP contribution in [0.1, 0.15) is 29.0 Å². The van der Waals surface area contributed by atoms with Crippen molar-refractivity contribution in [3.8, 4) is 5.75 Å². The second kappa shape index (κ2) is 5.93. The van der Waals surface area contributed by atoms with Crippen LogP contribution in [0.3, 0.4) is 0 Å². The molecule has 0 aliphatic heterocycles. The smallest absolute Gasteiger partial charge is 0.268 e. The van der Waals surface area contributed by atoms with Gasteiger partial charge in [0.15, 0.2) is 0 Å². The van der Waals surface area contributed by atoms with Crippen LogP contribution in [-0.2, 0) is 0 Å². The van der Waals surface area contributed by atoms with Crippen LogP contribution in [0.2, 0.25) is 0 Å². The van der Waals surface area contributed by atoms with E-state index < -0.39 is 0 Å². The highest BCUT2D eigenvalue weighted by Crippen LogP contribution is 2.24. The lowest BCUT2D eigenvalue weighted by molar-refractivity contribution is 0.0935. The average Bonchev–Trinajstić information content (AvgIpc) is 2.85. The highest BCUT2D eigenvalue weighted by atomic mass is 79.9. The Morgan fingerprint density at radius 2 is 2.16 bits per heavy atom. The first kappa shape index (κ1) is 13.7. The van der Waals surface area contributed by atoms with Crippen LogP contribution in [0.15, 0.2) is 41.0 Å². The molecule has 0 spiro atoms. The van der Waals surface area contributed by atoms with E-state index in [1.165, 1.54) is 0 Å². The van der Waals surface area contributed by atoms with E-state index >= 15 is 0 Å². The fraction of sp³-hybridized carbons (Fsp3) is 0.214. The number of carbonyl (C=O) groups excluding carboxylic acids is 1. The molecule has 0 aliphatic carbocycles. The fourth-order valence-electron chi connectivity index (χ4n) is 1.88. The van der Waals surface area contributed by atoms with Crippen molar-refractivity contribution in [2.75, 3.05) is 7.11 Å². The molecule has 0 radical (unpaired) electrons. The minimum absolute atomic E-state index is 0.134. The van der Waals surface area contributed by atoms with Gasteiger partial charge in [-0.3, -0.25) is 4.79 Å². The van der Waals surface area contributed by atoms with E-state index in [1.54, 1.807) is 19.4 Å². The standard InChI is InChI=1S/C14H15BrN2O2/c1-9(11-5-3-4-6-13(11)19-2)17-14(18)12-7-10(15)8-16-12/h3-9,16H,1-2H3,(H,17,18)/t9-/m1/s1. The summed E-state index contributed by atoms with van der Waals surface area (Å²) < 4.78 is 6.14. The van der Waals surface area contributed by atoms with Gasteiger partial charge in [0.1, 0.15) is 11.4 Å². The Labute approximate surface area is 120 Å². The van der Waals surface area contributed by atoms with Crippen molar-refractivity contribution in [1.82, 2.24) is 10.3 Å². The van der Waals surface area contributed by atoms with Crippen LogP contribution in [0.25, 0.3) is 0 Å². The number of benzene rings is 1. The normalized spacial score (nSPS) is 11.9. The summed E-state index contributed by atoms with van der Waals surface area (Å²) in [7, 11) is 1.62. The van der Waals surface area contributed by atoms with Crippen LogP contribution < -0.4 is 10.1 Å². The van der Waals surface area contributed by atoms with E-state index in [9.17, 15) is 4.79 Å². The number of aromatic amines is 1. The molecule has 0 unspecified atom stereocenters. The predicted molar refractivity (Wildman–Crippen MR) is 77.4 cm³/mol. The molecule has 1 aromatic carbocycles. The lowest BCUT2D eigenvalue weighted by atomic mass is 10.1. The quantitative estimate of drug-likeness (QED) is 0.907. The zero-order chi connectivity index (χ0) is 13.8. The van der Waals surface area contributed by atoms with Gasteiger partial charge in [0, 0.05) is 16.2 Å². The maximum atomic E-state index is 12.0. The average molecular weight is 323 g/mol. The number of amides is 1. The molecular weight excluding hydrogens is 308 g/mol. The van der Waals surface area contributed by atoms with E-state index in [2.05, 4.69) is 26.2 Å². The molecule has 0 bridgehead atoms. The number of carbonyl (C=O) groups is 1. The van der Waals surface area contributed by atoms with Gasteiger partial charge in [-0.25, -0.2) is 0 Å². The Morgan fingerprint density at radius 1 is 1.42 bits per heavy atom. The maximum absolute atomic E-state index is 12.0.